The van der Waals surface area contributed by atoms with E-state index in [0.717, 1.165) is 17.4 Å². The summed E-state index contributed by atoms with van der Waals surface area (Å²) in [5.41, 5.74) is -1.10. The van der Waals surface area contributed by atoms with E-state index in [4.69, 9.17) is 0 Å². The summed E-state index contributed by atoms with van der Waals surface area (Å²) in [6.07, 6.45) is -4.45. The molecule has 0 spiro atoms. The first-order valence-corrected chi connectivity index (χ1v) is 6.32. The molecule has 96 valence electrons. The lowest BCUT2D eigenvalue weighted by Gasteiger charge is -2.10. The fourth-order valence-corrected chi connectivity index (χ4v) is 3.25. The Morgan fingerprint density at radius 3 is 2.32 bits per heavy atom. The molecule has 0 radical (unpaired) electrons. The minimum atomic E-state index is -4.45. The van der Waals surface area contributed by atoms with E-state index in [1.165, 1.54) is 12.1 Å². The molecule has 0 atom stereocenters. The molecular weight excluding hydrogens is 273 g/mol. The zero-order valence-electron chi connectivity index (χ0n) is 9.49. The molecule has 3 rings (SSSR count). The molecule has 19 heavy (non-hydrogen) atoms. The molecule has 5 heteroatoms. The van der Waals surface area contributed by atoms with Crippen LogP contribution in [0.25, 0.3) is 20.2 Å². The van der Waals surface area contributed by atoms with Crippen LogP contribution < -0.4 is 5.43 Å². The van der Waals surface area contributed by atoms with Gasteiger partial charge in [-0.2, -0.15) is 13.2 Å². The van der Waals surface area contributed by atoms with Crippen LogP contribution >= 0.6 is 11.3 Å². The number of benzene rings is 2. The Kier molecular flexibility index (Phi) is 2.60. The van der Waals surface area contributed by atoms with Crippen LogP contribution in [-0.2, 0) is 6.18 Å². The second-order valence-corrected chi connectivity index (χ2v) is 5.16. The van der Waals surface area contributed by atoms with Gasteiger partial charge in [-0.1, -0.05) is 18.2 Å². The van der Waals surface area contributed by atoms with Crippen molar-refractivity contribution < 1.29 is 13.2 Å². The molecule has 1 heterocycles. The molecule has 0 aliphatic heterocycles. The summed E-state index contributed by atoms with van der Waals surface area (Å²) in [4.78, 5) is 12.2. The molecule has 0 amide bonds. The van der Waals surface area contributed by atoms with Gasteiger partial charge in [0, 0.05) is 15.5 Å². The van der Waals surface area contributed by atoms with Gasteiger partial charge in [-0.05, 0) is 24.3 Å². The Morgan fingerprint density at radius 1 is 0.895 bits per heavy atom. The molecule has 2 aromatic carbocycles. The molecule has 0 aliphatic carbocycles. The summed E-state index contributed by atoms with van der Waals surface area (Å²) < 4.78 is 39.4. The summed E-state index contributed by atoms with van der Waals surface area (Å²) in [5.74, 6) is 0. The summed E-state index contributed by atoms with van der Waals surface area (Å²) in [5, 5.41) is 0.581. The molecule has 0 bridgehead atoms. The maximum Gasteiger partial charge on any atom is 0.417 e. The van der Waals surface area contributed by atoms with Crippen LogP contribution in [0.15, 0.2) is 47.3 Å². The van der Waals surface area contributed by atoms with Crippen molar-refractivity contribution in [3.05, 3.63) is 58.3 Å². The number of halogens is 3. The van der Waals surface area contributed by atoms with Gasteiger partial charge in [0.1, 0.15) is 0 Å². The van der Waals surface area contributed by atoms with Gasteiger partial charge in [0.15, 0.2) is 5.43 Å². The molecule has 0 saturated carbocycles. The Bertz CT molecular complexity index is 833. The molecule has 0 saturated heterocycles. The van der Waals surface area contributed by atoms with Crippen molar-refractivity contribution in [2.24, 2.45) is 0 Å². The van der Waals surface area contributed by atoms with Gasteiger partial charge >= 0.3 is 6.18 Å². The van der Waals surface area contributed by atoms with Crippen LogP contribution in [-0.4, -0.2) is 0 Å². The minimum absolute atomic E-state index is 0.00120. The number of alkyl halides is 3. The predicted molar refractivity (Wildman–Crippen MR) is 70.6 cm³/mol. The highest BCUT2D eigenvalue weighted by Gasteiger charge is 2.33. The molecule has 0 N–H and O–H groups in total. The standard InChI is InChI=1S/C14H7F3OS/c15-14(16,17)10-6-3-5-9-12(18)8-4-1-2-7-11(8)19-13(9)10/h1-7H. The highest BCUT2D eigenvalue weighted by Crippen LogP contribution is 2.37. The third-order valence-electron chi connectivity index (χ3n) is 2.91. The Morgan fingerprint density at radius 2 is 1.58 bits per heavy atom. The highest BCUT2D eigenvalue weighted by atomic mass is 32.1. The molecule has 0 aliphatic rings. The smallest absolute Gasteiger partial charge is 0.289 e. The van der Waals surface area contributed by atoms with Crippen molar-refractivity contribution in [3.8, 4) is 0 Å². The maximum atomic E-state index is 13.0. The monoisotopic (exact) mass is 280 g/mol. The van der Waals surface area contributed by atoms with Crippen molar-refractivity contribution in [3.63, 3.8) is 0 Å². The first-order valence-electron chi connectivity index (χ1n) is 5.50. The molecule has 1 nitrogen and oxygen atoms in total. The van der Waals surface area contributed by atoms with Gasteiger partial charge in [0.2, 0.25) is 0 Å². The molecule has 0 fully saturated rings. The quantitative estimate of drug-likeness (QED) is 0.557. The fraction of sp³-hybridized carbons (Fsp3) is 0.0714. The molecular formula is C14H7F3OS. The van der Waals surface area contributed by atoms with Gasteiger partial charge < -0.3 is 0 Å². The number of rotatable bonds is 0. The zero-order chi connectivity index (χ0) is 13.6. The van der Waals surface area contributed by atoms with Crippen molar-refractivity contribution in [2.45, 2.75) is 6.18 Å². The third kappa shape index (κ3) is 1.90. The normalized spacial score (nSPS) is 12.2. The van der Waals surface area contributed by atoms with Crippen LogP contribution in [0.2, 0.25) is 0 Å². The van der Waals surface area contributed by atoms with E-state index < -0.39 is 11.7 Å². The van der Waals surface area contributed by atoms with Crippen molar-refractivity contribution >= 4 is 31.5 Å². The van der Waals surface area contributed by atoms with Crippen molar-refractivity contribution in [1.82, 2.24) is 0 Å². The van der Waals surface area contributed by atoms with Gasteiger partial charge in [-0.15, -0.1) is 11.3 Å². The summed E-state index contributed by atoms with van der Waals surface area (Å²) in [7, 11) is 0. The molecule has 0 unspecified atom stereocenters. The van der Waals surface area contributed by atoms with E-state index in [0.29, 0.717) is 10.1 Å². The van der Waals surface area contributed by atoms with Gasteiger partial charge in [-0.25, -0.2) is 0 Å². The first kappa shape index (κ1) is 12.2. The lowest BCUT2D eigenvalue weighted by atomic mass is 10.1. The third-order valence-corrected chi connectivity index (χ3v) is 4.13. The van der Waals surface area contributed by atoms with E-state index in [1.807, 2.05) is 0 Å². The lowest BCUT2D eigenvalue weighted by Crippen LogP contribution is -2.08. The number of fused-ring (bicyclic) bond motifs is 2. The summed E-state index contributed by atoms with van der Waals surface area (Å²) in [6, 6.07) is 10.4. The average Bonchev–Trinajstić information content (AvgIpc) is 2.37. The van der Waals surface area contributed by atoms with Crippen molar-refractivity contribution in [2.75, 3.05) is 0 Å². The van der Waals surface area contributed by atoms with Crippen LogP contribution in [0.4, 0.5) is 13.2 Å². The summed E-state index contributed by atoms with van der Waals surface area (Å²) in [6.45, 7) is 0. The predicted octanol–water partition coefficient (Wildman–Crippen LogP) is 4.43. The minimum Gasteiger partial charge on any atom is -0.289 e. The SMILES string of the molecule is O=c1c2ccccc2sc2c(C(F)(F)F)cccc12. The maximum absolute atomic E-state index is 13.0. The Labute approximate surface area is 109 Å². The van der Waals surface area contributed by atoms with Crippen molar-refractivity contribution in [1.29, 1.82) is 0 Å². The fourth-order valence-electron chi connectivity index (χ4n) is 2.05. The number of hydrogen-bond donors (Lipinski definition) is 0. The van der Waals surface area contributed by atoms with Gasteiger partial charge in [0.05, 0.1) is 10.3 Å². The highest BCUT2D eigenvalue weighted by molar-refractivity contribution is 7.24. The zero-order valence-corrected chi connectivity index (χ0v) is 10.3. The topological polar surface area (TPSA) is 17.1 Å². The van der Waals surface area contributed by atoms with E-state index in [9.17, 15) is 18.0 Å². The second-order valence-electron chi connectivity index (χ2n) is 4.11. The van der Waals surface area contributed by atoms with E-state index >= 15 is 0 Å². The van der Waals surface area contributed by atoms with Crippen LogP contribution in [0.1, 0.15) is 5.56 Å². The first-order chi connectivity index (χ1) is 8.98. The Hall–Kier alpha value is -1.88. The summed E-state index contributed by atoms with van der Waals surface area (Å²) >= 11 is 0.999. The number of hydrogen-bond acceptors (Lipinski definition) is 2. The van der Waals surface area contributed by atoms with Crippen LogP contribution in [0.3, 0.4) is 0 Å². The molecule has 1 aromatic heterocycles. The van der Waals surface area contributed by atoms with Gasteiger partial charge in [-0.3, -0.25) is 4.79 Å². The van der Waals surface area contributed by atoms with E-state index in [1.54, 1.807) is 24.3 Å². The van der Waals surface area contributed by atoms with Gasteiger partial charge in [0.25, 0.3) is 0 Å². The van der Waals surface area contributed by atoms with Crippen LogP contribution in [0, 0.1) is 0 Å². The average molecular weight is 280 g/mol. The molecule has 3 aromatic rings. The van der Waals surface area contributed by atoms with E-state index in [-0.39, 0.29) is 15.5 Å². The van der Waals surface area contributed by atoms with E-state index in [2.05, 4.69) is 0 Å². The largest absolute Gasteiger partial charge is 0.417 e. The second kappa shape index (κ2) is 4.06. The van der Waals surface area contributed by atoms with Crippen LogP contribution in [0.5, 0.6) is 0 Å². The lowest BCUT2D eigenvalue weighted by molar-refractivity contribution is -0.136. The Balaban J connectivity index is 2.55.